The summed E-state index contributed by atoms with van der Waals surface area (Å²) in [5, 5.41) is 7.85. The number of benzene rings is 1. The van der Waals surface area contributed by atoms with Crippen LogP contribution in [0.25, 0.3) is 22.5 Å². The molecule has 0 unspecified atom stereocenters. The summed E-state index contributed by atoms with van der Waals surface area (Å²) in [6.45, 7) is 7.77. The van der Waals surface area contributed by atoms with Crippen molar-refractivity contribution in [3.63, 3.8) is 0 Å². The zero-order valence-electron chi connectivity index (χ0n) is 22.7. The van der Waals surface area contributed by atoms with Crippen molar-refractivity contribution < 1.29 is 9.47 Å². The van der Waals surface area contributed by atoms with Crippen LogP contribution >= 0.6 is 0 Å². The Balaban J connectivity index is 1.39. The van der Waals surface area contributed by atoms with E-state index in [1.807, 2.05) is 32.3 Å². The van der Waals surface area contributed by atoms with Crippen molar-refractivity contribution in [3.8, 4) is 34.1 Å². The first-order chi connectivity index (χ1) is 19.0. The van der Waals surface area contributed by atoms with Gasteiger partial charge in [0.2, 0.25) is 5.88 Å². The number of piperazine rings is 1. The fraction of sp³-hybridized carbons (Fsp3) is 0.379. The molecule has 5 heterocycles. The lowest BCUT2D eigenvalue weighted by Gasteiger charge is -2.32. The first-order valence-electron chi connectivity index (χ1n) is 13.4. The molecule has 39 heavy (non-hydrogen) atoms. The third-order valence-electron chi connectivity index (χ3n) is 7.23. The Morgan fingerprint density at radius 2 is 1.87 bits per heavy atom. The maximum atomic E-state index is 6.14. The van der Waals surface area contributed by atoms with E-state index < -0.39 is 0 Å². The Morgan fingerprint density at radius 1 is 1.00 bits per heavy atom. The molecule has 2 aliphatic rings. The van der Waals surface area contributed by atoms with Gasteiger partial charge in [-0.3, -0.25) is 4.90 Å². The highest BCUT2D eigenvalue weighted by Crippen LogP contribution is 2.34. The number of hydrogen-bond acceptors (Lipinski definition) is 9. The minimum absolute atomic E-state index is 0.0347. The van der Waals surface area contributed by atoms with Gasteiger partial charge in [-0.2, -0.15) is 5.10 Å². The lowest BCUT2D eigenvalue weighted by atomic mass is 10.0. The second kappa shape index (κ2) is 11.0. The van der Waals surface area contributed by atoms with E-state index in [0.29, 0.717) is 36.4 Å². The van der Waals surface area contributed by atoms with Gasteiger partial charge < -0.3 is 19.7 Å². The van der Waals surface area contributed by atoms with E-state index >= 15 is 0 Å². The van der Waals surface area contributed by atoms with E-state index in [1.165, 1.54) is 5.56 Å². The highest BCUT2D eigenvalue weighted by Gasteiger charge is 2.20. The summed E-state index contributed by atoms with van der Waals surface area (Å²) in [5.74, 6) is 3.21. The summed E-state index contributed by atoms with van der Waals surface area (Å²) in [6, 6.07) is 12.4. The van der Waals surface area contributed by atoms with Gasteiger partial charge in [0, 0.05) is 70.2 Å². The number of likely N-dealkylation sites (N-methyl/N-ethyl adjacent to an activating group) is 1. The molecule has 10 nitrogen and oxygen atoms in total. The third kappa shape index (κ3) is 5.71. The van der Waals surface area contributed by atoms with Crippen LogP contribution in [0.4, 0.5) is 11.6 Å². The fourth-order valence-electron chi connectivity index (χ4n) is 4.96. The molecule has 0 spiro atoms. The molecule has 4 bridgehead atoms. The highest BCUT2D eigenvalue weighted by molar-refractivity contribution is 5.79. The molecule has 1 atom stereocenters. The largest absolute Gasteiger partial charge is 0.490 e. The normalized spacial score (nSPS) is 18.3. The summed E-state index contributed by atoms with van der Waals surface area (Å²) < 4.78 is 14.0. The van der Waals surface area contributed by atoms with Crippen LogP contribution in [0.15, 0.2) is 55.0 Å². The average molecular weight is 527 g/mol. The van der Waals surface area contributed by atoms with Gasteiger partial charge in [-0.05, 0) is 37.2 Å². The van der Waals surface area contributed by atoms with Crippen molar-refractivity contribution in [2.24, 2.45) is 7.05 Å². The first kappa shape index (κ1) is 25.3. The quantitative estimate of drug-likeness (QED) is 0.425. The van der Waals surface area contributed by atoms with Gasteiger partial charge in [-0.15, -0.1) is 0 Å². The number of nitrogens with one attached hydrogen (secondary N) is 1. The number of nitrogens with zero attached hydrogens (tertiary/aromatic N) is 7. The Labute approximate surface area is 228 Å². The van der Waals surface area contributed by atoms with E-state index in [0.717, 1.165) is 55.2 Å². The average Bonchev–Trinajstić information content (AvgIpc) is 3.30. The van der Waals surface area contributed by atoms with Crippen LogP contribution in [-0.4, -0.2) is 80.5 Å². The molecule has 202 valence electrons. The minimum atomic E-state index is -0.0347. The zero-order valence-corrected chi connectivity index (χ0v) is 22.7. The maximum absolute atomic E-state index is 6.14. The Kier molecular flexibility index (Phi) is 7.12. The van der Waals surface area contributed by atoms with Crippen molar-refractivity contribution in [1.82, 2.24) is 34.5 Å². The van der Waals surface area contributed by atoms with Gasteiger partial charge in [0.05, 0.1) is 18.9 Å². The van der Waals surface area contributed by atoms with E-state index in [4.69, 9.17) is 19.4 Å². The van der Waals surface area contributed by atoms with E-state index in [-0.39, 0.29) is 6.10 Å². The van der Waals surface area contributed by atoms with Gasteiger partial charge in [-0.1, -0.05) is 18.2 Å². The molecule has 1 N–H and O–H groups in total. The van der Waals surface area contributed by atoms with E-state index in [2.05, 4.69) is 56.5 Å². The van der Waals surface area contributed by atoms with Gasteiger partial charge >= 0.3 is 0 Å². The highest BCUT2D eigenvalue weighted by atomic mass is 16.5. The molecule has 4 aromatic rings. The number of aryl methyl sites for hydroxylation is 1. The van der Waals surface area contributed by atoms with Crippen LogP contribution in [0, 0.1) is 0 Å². The number of anilines is 2. The second-order valence-corrected chi connectivity index (χ2v) is 10.3. The lowest BCUT2D eigenvalue weighted by molar-refractivity contribution is 0.148. The smallest absolute Gasteiger partial charge is 0.222 e. The SMILES string of the molecule is C[C@H]1CCOc2c(cnn2C)-c2ncc(-c3cccc(CN4CCN(C)CC4)c3)c(n2)Nc2cc(ccn2)O1. The lowest BCUT2D eigenvalue weighted by Crippen LogP contribution is -2.43. The van der Waals surface area contributed by atoms with Crippen LogP contribution in [0.5, 0.6) is 11.6 Å². The molecule has 2 aliphatic heterocycles. The van der Waals surface area contributed by atoms with Gasteiger partial charge in [0.1, 0.15) is 22.9 Å². The molecular weight excluding hydrogens is 492 g/mol. The molecule has 0 radical (unpaired) electrons. The fourth-order valence-corrected chi connectivity index (χ4v) is 4.96. The Bertz CT molecular complexity index is 1450. The number of aromatic nitrogens is 5. The van der Waals surface area contributed by atoms with Crippen molar-refractivity contribution in [2.75, 3.05) is 45.2 Å². The molecule has 10 heteroatoms. The van der Waals surface area contributed by atoms with Crippen LogP contribution in [0.3, 0.4) is 0 Å². The summed E-state index contributed by atoms with van der Waals surface area (Å²) in [7, 11) is 4.04. The van der Waals surface area contributed by atoms with Gasteiger partial charge in [0.15, 0.2) is 5.82 Å². The minimum Gasteiger partial charge on any atom is -0.490 e. The van der Waals surface area contributed by atoms with Crippen LogP contribution in [0.2, 0.25) is 0 Å². The van der Waals surface area contributed by atoms with Crippen LogP contribution < -0.4 is 14.8 Å². The topological polar surface area (TPSA) is 93.5 Å². The van der Waals surface area contributed by atoms with Crippen molar-refractivity contribution in [2.45, 2.75) is 26.0 Å². The molecule has 0 amide bonds. The maximum Gasteiger partial charge on any atom is 0.222 e. The number of pyridine rings is 1. The molecule has 3 aromatic heterocycles. The molecule has 1 aromatic carbocycles. The Hall–Kier alpha value is -4.02. The van der Waals surface area contributed by atoms with Crippen molar-refractivity contribution >= 4 is 11.6 Å². The van der Waals surface area contributed by atoms with Crippen LogP contribution in [-0.2, 0) is 13.6 Å². The van der Waals surface area contributed by atoms with E-state index in [1.54, 1.807) is 17.1 Å². The van der Waals surface area contributed by atoms with Gasteiger partial charge in [-0.25, -0.2) is 19.6 Å². The molecule has 1 fully saturated rings. The zero-order chi connectivity index (χ0) is 26.8. The summed E-state index contributed by atoms with van der Waals surface area (Å²) in [5.41, 5.74) is 3.93. The van der Waals surface area contributed by atoms with Gasteiger partial charge in [0.25, 0.3) is 0 Å². The molecule has 0 aliphatic carbocycles. The summed E-state index contributed by atoms with van der Waals surface area (Å²) in [6.07, 6.45) is 6.03. The molecule has 0 saturated carbocycles. The number of fused-ring (bicyclic) bond motifs is 6. The molecular formula is C29H34N8O2. The predicted molar refractivity (Wildman–Crippen MR) is 150 cm³/mol. The number of hydrogen-bond donors (Lipinski definition) is 1. The Morgan fingerprint density at radius 3 is 2.74 bits per heavy atom. The summed E-state index contributed by atoms with van der Waals surface area (Å²) >= 11 is 0. The first-order valence-corrected chi connectivity index (χ1v) is 13.4. The van der Waals surface area contributed by atoms with E-state index in [9.17, 15) is 0 Å². The standard InChI is InChI=1S/C29H34N8O2/c1-20-8-14-38-29-25(18-32-36(29)3)27-31-17-24(28(34-27)33-26-16-23(39-20)7-9-30-26)22-6-4-5-21(15-22)19-37-12-10-35(2)11-13-37/h4-7,9,15-18,20H,8,10-14,19H2,1-3H3,(H,30,31,33,34)/t20-/m0/s1. The summed E-state index contributed by atoms with van der Waals surface area (Å²) in [4.78, 5) is 19.1. The van der Waals surface area contributed by atoms with Crippen LogP contribution in [0.1, 0.15) is 18.9 Å². The predicted octanol–water partition coefficient (Wildman–Crippen LogP) is 3.98. The third-order valence-corrected chi connectivity index (χ3v) is 7.23. The number of rotatable bonds is 3. The monoisotopic (exact) mass is 526 g/mol. The molecule has 1 saturated heterocycles. The second-order valence-electron chi connectivity index (χ2n) is 10.3. The molecule has 6 rings (SSSR count). The van der Waals surface area contributed by atoms with Crippen molar-refractivity contribution in [1.29, 1.82) is 0 Å². The van der Waals surface area contributed by atoms with Crippen molar-refractivity contribution in [3.05, 3.63) is 60.6 Å². The number of ether oxygens (including phenoxy) is 2.